The third-order valence-electron chi connectivity index (χ3n) is 6.99. The summed E-state index contributed by atoms with van der Waals surface area (Å²) in [6.07, 6.45) is 2.17. The van der Waals surface area contributed by atoms with Gasteiger partial charge in [-0.2, -0.15) is 0 Å². The van der Waals surface area contributed by atoms with Gasteiger partial charge < -0.3 is 23.8 Å². The molecular weight excluding hydrogens is 464 g/mol. The highest BCUT2D eigenvalue weighted by Gasteiger charge is 2.41. The number of nitrogens with zero attached hydrogens (tertiary/aromatic N) is 3. The molecule has 1 atom stereocenters. The highest BCUT2D eigenvalue weighted by Crippen LogP contribution is 2.50. The topological polar surface area (TPSA) is 115 Å². The number of H-pyrrole nitrogens is 1. The van der Waals surface area contributed by atoms with Crippen LogP contribution < -0.4 is 25.5 Å². The van der Waals surface area contributed by atoms with Crippen LogP contribution in [0.15, 0.2) is 44.9 Å². The summed E-state index contributed by atoms with van der Waals surface area (Å²) in [5, 5.41) is 10.9. The van der Waals surface area contributed by atoms with E-state index in [4.69, 9.17) is 14.2 Å². The first-order chi connectivity index (χ1) is 17.2. The van der Waals surface area contributed by atoms with Gasteiger partial charge in [0.25, 0.3) is 5.56 Å². The summed E-state index contributed by atoms with van der Waals surface area (Å²) in [6.45, 7) is 3.26. The Morgan fingerprint density at radius 1 is 1.25 bits per heavy atom. The van der Waals surface area contributed by atoms with Crippen molar-refractivity contribution in [2.24, 2.45) is 4.99 Å². The molecular formula is C26H29N4O6+. The number of aromatic amines is 1. The fraction of sp³-hybridized carbons (Fsp3) is 0.346. The van der Waals surface area contributed by atoms with E-state index in [-0.39, 0.29) is 18.4 Å². The van der Waals surface area contributed by atoms with Crippen molar-refractivity contribution < 1.29 is 23.8 Å². The molecule has 3 aromatic rings. The quantitative estimate of drug-likeness (QED) is 0.415. The van der Waals surface area contributed by atoms with Crippen LogP contribution in [0, 0.1) is 6.92 Å². The Kier molecular flexibility index (Phi) is 5.83. The number of hydrogen-bond donors (Lipinski definition) is 2. The molecule has 188 valence electrons. The molecule has 5 rings (SSSR count). The van der Waals surface area contributed by atoms with Crippen LogP contribution >= 0.6 is 0 Å². The maximum atomic E-state index is 12.6. The molecule has 10 heteroatoms. The van der Waals surface area contributed by atoms with Gasteiger partial charge in [0.15, 0.2) is 11.5 Å². The molecule has 1 aromatic heterocycles. The van der Waals surface area contributed by atoms with Crippen LogP contribution in [0.2, 0.25) is 0 Å². The minimum atomic E-state index is -0.724. The average Bonchev–Trinajstić information content (AvgIpc) is 3.30. The van der Waals surface area contributed by atoms with Crippen molar-refractivity contribution in [3.8, 4) is 28.8 Å². The molecule has 0 radical (unpaired) electrons. The van der Waals surface area contributed by atoms with Crippen molar-refractivity contribution in [3.05, 3.63) is 73.4 Å². The molecule has 1 unspecified atom stereocenters. The van der Waals surface area contributed by atoms with Crippen molar-refractivity contribution in [3.63, 3.8) is 0 Å². The van der Waals surface area contributed by atoms with Crippen LogP contribution in [-0.4, -0.2) is 66.4 Å². The Hall–Kier alpha value is -4.05. The third kappa shape index (κ3) is 3.93. The van der Waals surface area contributed by atoms with Gasteiger partial charge in [0, 0.05) is 12.6 Å². The Balaban J connectivity index is 1.53. The summed E-state index contributed by atoms with van der Waals surface area (Å²) >= 11 is 0. The highest BCUT2D eigenvalue weighted by atomic mass is 16.7. The molecule has 0 fully saturated rings. The van der Waals surface area contributed by atoms with Crippen LogP contribution in [-0.2, 0) is 6.42 Å². The smallest absolute Gasteiger partial charge is 0.335 e. The number of hydrogen-bond acceptors (Lipinski definition) is 7. The average molecular weight is 494 g/mol. The van der Waals surface area contributed by atoms with E-state index in [1.54, 1.807) is 19.2 Å². The zero-order chi connectivity index (χ0) is 25.6. The number of ether oxygens (including phenoxy) is 3. The number of benzene rings is 2. The molecule has 2 aliphatic heterocycles. The van der Waals surface area contributed by atoms with Crippen molar-refractivity contribution >= 4 is 6.21 Å². The molecule has 2 aromatic carbocycles. The number of methoxy groups -OCH3 is 1. The van der Waals surface area contributed by atoms with Gasteiger partial charge in [-0.1, -0.05) is 17.7 Å². The SMILES string of the molecule is COc1c2c(cc3c1C(CN=Cc1c(O)n(-c4ccc(C)cc4)c(=O)[nH]c1=O)[N+](C)(C)CC3)OCO2. The number of aryl methyl sites for hydroxylation is 1. The molecule has 3 heterocycles. The zero-order valence-electron chi connectivity index (χ0n) is 20.7. The Labute approximate surface area is 207 Å². The minimum absolute atomic E-state index is 0.0887. The monoisotopic (exact) mass is 493 g/mol. The maximum absolute atomic E-state index is 12.6. The van der Waals surface area contributed by atoms with Crippen molar-refractivity contribution in [1.82, 2.24) is 9.55 Å². The predicted molar refractivity (Wildman–Crippen MR) is 134 cm³/mol. The number of likely N-dealkylation sites (N-methyl/N-ethyl adjacent to an activating group) is 1. The normalized spacial score (nSPS) is 17.8. The standard InChI is InChI=1S/C26H28N4O6/c1-15-5-7-17(8-6-15)29-25(32)18(24(31)28-26(29)33)12-27-13-19-21-16(9-10-30(19,2)3)11-20-22(23(21)34-4)36-14-35-20/h5-8,11-12,19H,9-10,13-14H2,1-4H3,(H-,27,28,31,32,33)/p+1. The van der Waals surface area contributed by atoms with Gasteiger partial charge in [0.1, 0.15) is 11.6 Å². The molecule has 0 amide bonds. The Morgan fingerprint density at radius 3 is 2.72 bits per heavy atom. The van der Waals surface area contributed by atoms with Crippen LogP contribution in [0.25, 0.3) is 5.69 Å². The molecule has 0 aliphatic carbocycles. The van der Waals surface area contributed by atoms with E-state index >= 15 is 0 Å². The fourth-order valence-corrected chi connectivity index (χ4v) is 4.91. The number of aliphatic imine (C=N–C) groups is 1. The molecule has 0 saturated carbocycles. The maximum Gasteiger partial charge on any atom is 0.335 e. The lowest BCUT2D eigenvalue weighted by atomic mass is 9.89. The second kappa shape index (κ2) is 8.87. The lowest BCUT2D eigenvalue weighted by Crippen LogP contribution is -2.49. The van der Waals surface area contributed by atoms with Crippen LogP contribution in [0.3, 0.4) is 0 Å². The van der Waals surface area contributed by atoms with E-state index in [2.05, 4.69) is 24.1 Å². The largest absolute Gasteiger partial charge is 0.493 e. The van der Waals surface area contributed by atoms with Crippen molar-refractivity contribution in [2.75, 3.05) is 41.1 Å². The summed E-state index contributed by atoms with van der Waals surface area (Å²) in [4.78, 5) is 31.9. The van der Waals surface area contributed by atoms with E-state index in [9.17, 15) is 14.7 Å². The molecule has 0 spiro atoms. The molecule has 0 saturated heterocycles. The van der Waals surface area contributed by atoms with E-state index < -0.39 is 17.1 Å². The van der Waals surface area contributed by atoms with Gasteiger partial charge in [0.05, 0.1) is 45.5 Å². The van der Waals surface area contributed by atoms with Gasteiger partial charge in [-0.25, -0.2) is 9.36 Å². The van der Waals surface area contributed by atoms with Gasteiger partial charge >= 0.3 is 5.69 Å². The molecule has 0 bridgehead atoms. The first-order valence-electron chi connectivity index (χ1n) is 11.7. The Morgan fingerprint density at radius 2 is 2.00 bits per heavy atom. The van der Waals surface area contributed by atoms with E-state index in [1.165, 1.54) is 6.21 Å². The minimum Gasteiger partial charge on any atom is -0.493 e. The summed E-state index contributed by atoms with van der Waals surface area (Å²) in [7, 11) is 5.85. The van der Waals surface area contributed by atoms with Gasteiger partial charge in [-0.05, 0) is 30.7 Å². The first-order valence-corrected chi connectivity index (χ1v) is 11.7. The second-order valence-electron chi connectivity index (χ2n) is 9.65. The summed E-state index contributed by atoms with van der Waals surface area (Å²) in [5.74, 6) is 1.44. The molecule has 36 heavy (non-hydrogen) atoms. The second-order valence-corrected chi connectivity index (χ2v) is 9.65. The lowest BCUT2D eigenvalue weighted by Gasteiger charge is -2.42. The number of fused-ring (bicyclic) bond motifs is 2. The van der Waals surface area contributed by atoms with Gasteiger partial charge in [0.2, 0.25) is 18.4 Å². The third-order valence-corrected chi connectivity index (χ3v) is 6.99. The highest BCUT2D eigenvalue weighted by molar-refractivity contribution is 5.82. The summed E-state index contributed by atoms with van der Waals surface area (Å²) in [6, 6.07) is 8.94. The number of aromatic hydroxyl groups is 1. The van der Waals surface area contributed by atoms with Crippen LogP contribution in [0.1, 0.15) is 28.3 Å². The van der Waals surface area contributed by atoms with Crippen LogP contribution in [0.4, 0.5) is 0 Å². The zero-order valence-corrected chi connectivity index (χ0v) is 20.7. The first kappa shape index (κ1) is 23.7. The van der Waals surface area contributed by atoms with Crippen molar-refractivity contribution in [2.45, 2.75) is 19.4 Å². The van der Waals surface area contributed by atoms with E-state index in [0.29, 0.717) is 34.0 Å². The molecule has 2 N–H and O–H groups in total. The fourth-order valence-electron chi connectivity index (χ4n) is 4.91. The lowest BCUT2D eigenvalue weighted by molar-refractivity contribution is -0.921. The predicted octanol–water partition coefficient (Wildman–Crippen LogP) is 2.07. The van der Waals surface area contributed by atoms with Gasteiger partial charge in [-0.15, -0.1) is 0 Å². The number of quaternary nitrogens is 1. The Bertz CT molecular complexity index is 1470. The summed E-state index contributed by atoms with van der Waals surface area (Å²) < 4.78 is 18.7. The van der Waals surface area contributed by atoms with Crippen molar-refractivity contribution in [1.29, 1.82) is 0 Å². The number of aromatic nitrogens is 2. The van der Waals surface area contributed by atoms with E-state index in [1.807, 2.05) is 25.1 Å². The van der Waals surface area contributed by atoms with E-state index in [0.717, 1.165) is 34.2 Å². The number of nitrogens with one attached hydrogen (secondary N) is 1. The number of rotatable bonds is 5. The summed E-state index contributed by atoms with van der Waals surface area (Å²) in [5.41, 5.74) is 2.04. The molecule has 2 aliphatic rings. The molecule has 10 nitrogen and oxygen atoms in total. The van der Waals surface area contributed by atoms with Gasteiger partial charge in [-0.3, -0.25) is 14.8 Å². The van der Waals surface area contributed by atoms with Crippen LogP contribution in [0.5, 0.6) is 23.1 Å².